The van der Waals surface area contributed by atoms with Crippen molar-refractivity contribution >= 4 is 11.9 Å². The lowest BCUT2D eigenvalue weighted by molar-refractivity contribution is -0.137. The fraction of sp³-hybridized carbons (Fsp3) is 0.769. The number of rotatable bonds is 2. The molecule has 29 heavy (non-hydrogen) atoms. The maximum Gasteiger partial charge on any atom is 0.165 e. The fourth-order valence-corrected chi connectivity index (χ4v) is 8.20. The van der Waals surface area contributed by atoms with E-state index in [2.05, 4.69) is 38.9 Å². The van der Waals surface area contributed by atoms with Gasteiger partial charge in [-0.15, -0.1) is 0 Å². The third kappa shape index (κ3) is 2.75. The Bertz CT molecular complexity index is 851. The monoisotopic (exact) mass is 394 g/mol. The van der Waals surface area contributed by atoms with Gasteiger partial charge in [0.25, 0.3) is 0 Å². The molecule has 0 saturated heterocycles. The molecule has 3 nitrogen and oxygen atoms in total. The van der Waals surface area contributed by atoms with Crippen LogP contribution in [0.25, 0.3) is 6.08 Å². The molecule has 1 heterocycles. The van der Waals surface area contributed by atoms with Crippen molar-refractivity contribution in [3.05, 3.63) is 23.0 Å². The number of fused-ring (bicyclic) bond motifs is 5. The Morgan fingerprint density at radius 1 is 1.14 bits per heavy atom. The van der Waals surface area contributed by atoms with Crippen molar-refractivity contribution in [1.82, 2.24) is 9.78 Å². The van der Waals surface area contributed by atoms with Gasteiger partial charge in [0.15, 0.2) is 5.78 Å². The number of carbonyl (C=O) groups is 1. The Morgan fingerprint density at radius 3 is 2.72 bits per heavy atom. The molecule has 5 rings (SSSR count). The average molecular weight is 395 g/mol. The lowest BCUT2D eigenvalue weighted by Crippen LogP contribution is -2.52. The normalized spacial score (nSPS) is 43.2. The number of carbonyl (C=O) groups excluding carboxylic acids is 1. The van der Waals surface area contributed by atoms with Gasteiger partial charge >= 0.3 is 0 Å². The molecule has 1 aromatic heterocycles. The minimum Gasteiger partial charge on any atom is -0.294 e. The van der Waals surface area contributed by atoms with Crippen molar-refractivity contribution < 1.29 is 4.79 Å². The van der Waals surface area contributed by atoms with E-state index >= 15 is 0 Å². The third-order valence-electron chi connectivity index (χ3n) is 9.99. The van der Waals surface area contributed by atoms with Gasteiger partial charge in [-0.3, -0.25) is 9.48 Å². The van der Waals surface area contributed by atoms with Gasteiger partial charge in [0.1, 0.15) is 0 Å². The first kappa shape index (κ1) is 19.6. The van der Waals surface area contributed by atoms with Crippen LogP contribution in [0.5, 0.6) is 0 Å². The summed E-state index contributed by atoms with van der Waals surface area (Å²) in [4.78, 5) is 13.6. The highest BCUT2D eigenvalue weighted by Gasteiger charge is 2.60. The maximum atomic E-state index is 13.6. The second-order valence-corrected chi connectivity index (χ2v) is 11.1. The minimum absolute atomic E-state index is 0.125. The maximum absolute atomic E-state index is 13.6. The van der Waals surface area contributed by atoms with Crippen molar-refractivity contribution in [1.29, 1.82) is 0 Å². The molecule has 3 heteroatoms. The zero-order chi connectivity index (χ0) is 20.4. The van der Waals surface area contributed by atoms with E-state index in [0.29, 0.717) is 17.1 Å². The van der Waals surface area contributed by atoms with Crippen LogP contribution < -0.4 is 0 Å². The largest absolute Gasteiger partial charge is 0.294 e. The van der Waals surface area contributed by atoms with Crippen molar-refractivity contribution in [2.24, 2.45) is 34.5 Å². The van der Waals surface area contributed by atoms with E-state index in [4.69, 9.17) is 0 Å². The summed E-state index contributed by atoms with van der Waals surface area (Å²) in [7, 11) is 0. The molecule has 0 spiro atoms. The van der Waals surface area contributed by atoms with E-state index in [0.717, 1.165) is 48.3 Å². The molecule has 4 aliphatic carbocycles. The van der Waals surface area contributed by atoms with E-state index in [1.807, 2.05) is 10.9 Å². The first-order chi connectivity index (χ1) is 13.9. The molecule has 6 unspecified atom stereocenters. The lowest BCUT2D eigenvalue weighted by atomic mass is 9.45. The predicted molar refractivity (Wildman–Crippen MR) is 117 cm³/mol. The molecule has 6 atom stereocenters. The molecule has 4 saturated carbocycles. The van der Waals surface area contributed by atoms with Crippen LogP contribution in [0, 0.1) is 41.4 Å². The summed E-state index contributed by atoms with van der Waals surface area (Å²) < 4.78 is 2.03. The first-order valence-electron chi connectivity index (χ1n) is 12.2. The molecular weight excluding hydrogens is 356 g/mol. The van der Waals surface area contributed by atoms with Crippen molar-refractivity contribution in [3.8, 4) is 0 Å². The van der Waals surface area contributed by atoms with E-state index < -0.39 is 0 Å². The first-order valence-corrected chi connectivity index (χ1v) is 12.2. The number of nitrogens with zero attached hydrogens (tertiary/aromatic N) is 2. The van der Waals surface area contributed by atoms with Crippen molar-refractivity contribution in [2.45, 2.75) is 92.0 Å². The highest BCUT2D eigenvalue weighted by molar-refractivity contribution is 6.06. The van der Waals surface area contributed by atoms with Gasteiger partial charge < -0.3 is 0 Å². The number of hydrogen-bond donors (Lipinski definition) is 0. The molecule has 0 radical (unpaired) electrons. The SMILES string of the molecule is CCn1ncc(C=C2CC3C4CCC5CCCCC5(C)C4CCC3(C)C2=O)c1C. The summed E-state index contributed by atoms with van der Waals surface area (Å²) >= 11 is 0. The van der Waals surface area contributed by atoms with Crippen LogP contribution in [-0.2, 0) is 11.3 Å². The number of aryl methyl sites for hydroxylation is 1. The summed E-state index contributed by atoms with van der Waals surface area (Å²) in [5, 5.41) is 4.49. The summed E-state index contributed by atoms with van der Waals surface area (Å²) in [6, 6.07) is 0. The highest BCUT2D eigenvalue weighted by atomic mass is 16.1. The van der Waals surface area contributed by atoms with Gasteiger partial charge in [0.2, 0.25) is 0 Å². The second-order valence-electron chi connectivity index (χ2n) is 11.1. The van der Waals surface area contributed by atoms with E-state index in [-0.39, 0.29) is 5.41 Å². The summed E-state index contributed by atoms with van der Waals surface area (Å²) in [5.74, 6) is 3.54. The number of ketones is 1. The molecular formula is C26H38N2O. The Balaban J connectivity index is 1.46. The summed E-state index contributed by atoms with van der Waals surface area (Å²) in [5.41, 5.74) is 3.81. The number of aromatic nitrogens is 2. The molecule has 1 aromatic rings. The van der Waals surface area contributed by atoms with Crippen LogP contribution in [0.3, 0.4) is 0 Å². The summed E-state index contributed by atoms with van der Waals surface area (Å²) in [6.45, 7) is 10.0. The van der Waals surface area contributed by atoms with Crippen LogP contribution in [0.4, 0.5) is 0 Å². The van der Waals surface area contributed by atoms with Gasteiger partial charge in [0, 0.05) is 23.2 Å². The standard InChI is InChI=1S/C26H38N2O/c1-5-28-17(2)19(16-27-28)14-18-15-23-21-10-9-20-8-6-7-12-25(20,3)22(21)11-13-26(23,4)24(18)29/h14,16,20-23H,5-13,15H2,1-4H3. The van der Waals surface area contributed by atoms with Crippen molar-refractivity contribution in [2.75, 3.05) is 0 Å². The zero-order valence-electron chi connectivity index (χ0n) is 18.8. The van der Waals surface area contributed by atoms with Crippen LogP contribution in [0.2, 0.25) is 0 Å². The molecule has 0 bridgehead atoms. The van der Waals surface area contributed by atoms with E-state index in [1.54, 1.807) is 0 Å². The second kappa shape index (κ2) is 6.82. The Kier molecular flexibility index (Phi) is 4.60. The van der Waals surface area contributed by atoms with Crippen LogP contribution in [0.1, 0.15) is 89.8 Å². The highest BCUT2D eigenvalue weighted by Crippen LogP contribution is 2.66. The fourth-order valence-electron chi connectivity index (χ4n) is 8.20. The average Bonchev–Trinajstić information content (AvgIpc) is 3.19. The Hall–Kier alpha value is -1.38. The van der Waals surface area contributed by atoms with Crippen LogP contribution in [-0.4, -0.2) is 15.6 Å². The van der Waals surface area contributed by atoms with Crippen molar-refractivity contribution in [3.63, 3.8) is 0 Å². The predicted octanol–water partition coefficient (Wildman–Crippen LogP) is 6.21. The van der Waals surface area contributed by atoms with Gasteiger partial charge in [0.05, 0.1) is 6.20 Å². The topological polar surface area (TPSA) is 34.9 Å². The molecule has 158 valence electrons. The quantitative estimate of drug-likeness (QED) is 0.559. The zero-order valence-corrected chi connectivity index (χ0v) is 18.8. The molecule has 0 N–H and O–H groups in total. The van der Waals surface area contributed by atoms with Crippen LogP contribution in [0.15, 0.2) is 11.8 Å². The van der Waals surface area contributed by atoms with Gasteiger partial charge in [-0.05, 0) is 99.5 Å². The molecule has 0 aromatic carbocycles. The smallest absolute Gasteiger partial charge is 0.165 e. The molecule has 0 amide bonds. The van der Waals surface area contributed by atoms with Gasteiger partial charge in [-0.25, -0.2) is 0 Å². The lowest BCUT2D eigenvalue weighted by Gasteiger charge is -2.59. The molecule has 4 aliphatic rings. The van der Waals surface area contributed by atoms with Gasteiger partial charge in [-0.2, -0.15) is 5.10 Å². The van der Waals surface area contributed by atoms with E-state index in [1.165, 1.54) is 50.6 Å². The summed E-state index contributed by atoms with van der Waals surface area (Å²) in [6.07, 6.45) is 16.0. The number of allylic oxidation sites excluding steroid dienone is 1. The molecule has 0 aliphatic heterocycles. The van der Waals surface area contributed by atoms with Crippen LogP contribution >= 0.6 is 0 Å². The minimum atomic E-state index is -0.125. The molecule has 4 fully saturated rings. The number of Topliss-reactive ketones (excluding diaryl/α,β-unsaturated/α-hetero) is 1. The Labute approximate surface area is 176 Å². The van der Waals surface area contributed by atoms with Gasteiger partial charge in [-0.1, -0.05) is 26.7 Å². The number of hydrogen-bond acceptors (Lipinski definition) is 2. The van der Waals surface area contributed by atoms with E-state index in [9.17, 15) is 4.79 Å². The third-order valence-corrected chi connectivity index (χ3v) is 9.99. The Morgan fingerprint density at radius 2 is 1.97 bits per heavy atom.